The number of anilines is 1. The molecular formula is C21H21N3O3S2. The first-order chi connectivity index (χ1) is 14.0. The molecule has 2 aromatic carbocycles. The highest BCUT2D eigenvalue weighted by atomic mass is 32.2. The van der Waals surface area contributed by atoms with Crippen LogP contribution in [-0.2, 0) is 10.0 Å². The third-order valence-electron chi connectivity index (χ3n) is 4.40. The van der Waals surface area contributed by atoms with Crippen LogP contribution in [0.3, 0.4) is 0 Å². The topological polar surface area (TPSA) is 72.7 Å². The van der Waals surface area contributed by atoms with Gasteiger partial charge in [0.1, 0.15) is 5.75 Å². The minimum atomic E-state index is -3.70. The zero-order valence-electron chi connectivity index (χ0n) is 15.9. The molecule has 2 heterocycles. The Hall–Kier alpha value is -2.84. The molecule has 0 unspecified atom stereocenters. The van der Waals surface area contributed by atoms with Crippen molar-refractivity contribution < 1.29 is 13.2 Å². The minimum Gasteiger partial charge on any atom is -0.494 e. The van der Waals surface area contributed by atoms with Crippen LogP contribution in [0.4, 0.5) is 5.69 Å². The highest BCUT2D eigenvalue weighted by Crippen LogP contribution is 2.26. The molecule has 1 N–H and O–H groups in total. The van der Waals surface area contributed by atoms with E-state index >= 15 is 0 Å². The Morgan fingerprint density at radius 3 is 2.76 bits per heavy atom. The van der Waals surface area contributed by atoms with Gasteiger partial charge >= 0.3 is 0 Å². The highest BCUT2D eigenvalue weighted by molar-refractivity contribution is 7.92. The van der Waals surface area contributed by atoms with Crippen LogP contribution >= 0.6 is 11.3 Å². The maximum absolute atomic E-state index is 12.8. The lowest BCUT2D eigenvalue weighted by Crippen LogP contribution is -2.13. The average molecular weight is 428 g/mol. The molecule has 0 aliphatic rings. The van der Waals surface area contributed by atoms with Crippen LogP contribution in [0.2, 0.25) is 0 Å². The molecule has 0 bridgehead atoms. The molecule has 0 aliphatic carbocycles. The SMILES string of the molecule is CCCCOc1ccc(S(=O)(=O)Nc2cccc(-c3cn4ccsc4n3)c2)cc1. The molecule has 0 spiro atoms. The van der Waals surface area contributed by atoms with Crippen molar-refractivity contribution in [2.45, 2.75) is 24.7 Å². The number of benzene rings is 2. The first-order valence-corrected chi connectivity index (χ1v) is 11.7. The zero-order chi connectivity index (χ0) is 20.3. The van der Waals surface area contributed by atoms with Gasteiger partial charge in [-0.05, 0) is 42.8 Å². The van der Waals surface area contributed by atoms with Gasteiger partial charge in [0.05, 0.1) is 17.2 Å². The van der Waals surface area contributed by atoms with E-state index in [0.29, 0.717) is 18.0 Å². The molecular weight excluding hydrogens is 406 g/mol. The molecule has 0 aliphatic heterocycles. The molecule has 0 fully saturated rings. The summed E-state index contributed by atoms with van der Waals surface area (Å²) >= 11 is 1.55. The van der Waals surface area contributed by atoms with E-state index in [4.69, 9.17) is 4.74 Å². The van der Waals surface area contributed by atoms with Crippen LogP contribution in [-0.4, -0.2) is 24.4 Å². The summed E-state index contributed by atoms with van der Waals surface area (Å²) in [5, 5.41) is 1.97. The van der Waals surface area contributed by atoms with Gasteiger partial charge in [0, 0.05) is 29.0 Å². The molecule has 0 radical (unpaired) electrons. The summed E-state index contributed by atoms with van der Waals surface area (Å²) < 4.78 is 35.7. The maximum Gasteiger partial charge on any atom is 0.261 e. The summed E-state index contributed by atoms with van der Waals surface area (Å²) in [6.07, 6.45) is 5.88. The van der Waals surface area contributed by atoms with Crippen molar-refractivity contribution in [3.63, 3.8) is 0 Å². The number of sulfonamides is 1. The Balaban J connectivity index is 1.51. The molecule has 6 nitrogen and oxygen atoms in total. The Bertz CT molecular complexity index is 1180. The quantitative estimate of drug-likeness (QED) is 0.400. The number of hydrogen-bond acceptors (Lipinski definition) is 5. The van der Waals surface area contributed by atoms with E-state index < -0.39 is 10.0 Å². The summed E-state index contributed by atoms with van der Waals surface area (Å²) in [5.74, 6) is 0.666. The van der Waals surface area contributed by atoms with Gasteiger partial charge in [-0.3, -0.25) is 9.12 Å². The summed E-state index contributed by atoms with van der Waals surface area (Å²) in [6, 6.07) is 13.7. The van der Waals surface area contributed by atoms with E-state index in [0.717, 1.165) is 29.1 Å². The van der Waals surface area contributed by atoms with Crippen LogP contribution < -0.4 is 9.46 Å². The van der Waals surface area contributed by atoms with Crippen molar-refractivity contribution >= 4 is 32.0 Å². The standard InChI is InChI=1S/C21H21N3O3S2/c1-2-3-12-27-18-7-9-19(10-8-18)29(25,26)23-17-6-4-5-16(14-17)20-15-24-11-13-28-21(24)22-20/h4-11,13-15,23H,2-3,12H2,1H3. The number of thiazole rings is 1. The van der Waals surface area contributed by atoms with Gasteiger partial charge in [-0.2, -0.15) is 0 Å². The minimum absolute atomic E-state index is 0.188. The number of nitrogens with zero attached hydrogens (tertiary/aromatic N) is 2. The smallest absolute Gasteiger partial charge is 0.261 e. The van der Waals surface area contributed by atoms with Crippen molar-refractivity contribution in [1.29, 1.82) is 0 Å². The van der Waals surface area contributed by atoms with Crippen molar-refractivity contribution in [3.8, 4) is 17.0 Å². The van der Waals surface area contributed by atoms with Crippen LogP contribution in [0.15, 0.2) is 71.2 Å². The van der Waals surface area contributed by atoms with E-state index in [1.165, 1.54) is 0 Å². The van der Waals surface area contributed by atoms with E-state index in [1.54, 1.807) is 47.7 Å². The molecule has 4 aromatic rings. The normalized spacial score (nSPS) is 11.6. The fraction of sp³-hybridized carbons (Fsp3) is 0.190. The predicted molar refractivity (Wildman–Crippen MR) is 116 cm³/mol. The number of ether oxygens (including phenoxy) is 1. The second kappa shape index (κ2) is 8.26. The van der Waals surface area contributed by atoms with E-state index in [2.05, 4.69) is 16.6 Å². The second-order valence-corrected chi connectivity index (χ2v) is 9.13. The lowest BCUT2D eigenvalue weighted by Gasteiger charge is -2.10. The summed E-state index contributed by atoms with van der Waals surface area (Å²) in [4.78, 5) is 5.65. The number of aromatic nitrogens is 2. The molecule has 150 valence electrons. The third kappa shape index (κ3) is 4.44. The van der Waals surface area contributed by atoms with Crippen molar-refractivity contribution in [1.82, 2.24) is 9.38 Å². The zero-order valence-corrected chi connectivity index (χ0v) is 17.5. The number of rotatable bonds is 8. The number of unbranched alkanes of at least 4 members (excludes halogenated alkanes) is 1. The number of hydrogen-bond donors (Lipinski definition) is 1. The molecule has 29 heavy (non-hydrogen) atoms. The largest absolute Gasteiger partial charge is 0.494 e. The van der Waals surface area contributed by atoms with Crippen LogP contribution in [0.1, 0.15) is 19.8 Å². The Morgan fingerprint density at radius 1 is 1.17 bits per heavy atom. The predicted octanol–water partition coefficient (Wildman–Crippen LogP) is 5.04. The van der Waals surface area contributed by atoms with Gasteiger partial charge in [-0.1, -0.05) is 25.5 Å². The van der Waals surface area contributed by atoms with Gasteiger partial charge in [0.15, 0.2) is 4.96 Å². The van der Waals surface area contributed by atoms with Crippen molar-refractivity contribution in [2.75, 3.05) is 11.3 Å². The lowest BCUT2D eigenvalue weighted by atomic mass is 10.1. The van der Waals surface area contributed by atoms with Crippen LogP contribution in [0.5, 0.6) is 5.75 Å². The summed E-state index contributed by atoms with van der Waals surface area (Å²) in [7, 11) is -3.70. The van der Waals surface area contributed by atoms with Gasteiger partial charge in [0.2, 0.25) is 0 Å². The summed E-state index contributed by atoms with van der Waals surface area (Å²) in [5.41, 5.74) is 2.13. The van der Waals surface area contributed by atoms with Gasteiger partial charge in [0.25, 0.3) is 10.0 Å². The van der Waals surface area contributed by atoms with Crippen molar-refractivity contribution in [3.05, 3.63) is 66.3 Å². The van der Waals surface area contributed by atoms with E-state index in [-0.39, 0.29) is 4.90 Å². The maximum atomic E-state index is 12.8. The highest BCUT2D eigenvalue weighted by Gasteiger charge is 2.15. The molecule has 8 heteroatoms. The molecule has 0 amide bonds. The number of fused-ring (bicyclic) bond motifs is 1. The Morgan fingerprint density at radius 2 is 2.00 bits per heavy atom. The third-order valence-corrected chi connectivity index (χ3v) is 6.57. The number of imidazole rings is 1. The lowest BCUT2D eigenvalue weighted by molar-refractivity contribution is 0.309. The average Bonchev–Trinajstić information content (AvgIpc) is 3.31. The van der Waals surface area contributed by atoms with Crippen molar-refractivity contribution in [2.24, 2.45) is 0 Å². The molecule has 2 aromatic heterocycles. The van der Waals surface area contributed by atoms with Crippen LogP contribution in [0.25, 0.3) is 16.2 Å². The molecule has 0 saturated carbocycles. The van der Waals surface area contributed by atoms with Gasteiger partial charge in [-0.15, -0.1) is 11.3 Å². The van der Waals surface area contributed by atoms with E-state index in [1.807, 2.05) is 34.3 Å². The Labute approximate surface area is 173 Å². The monoisotopic (exact) mass is 427 g/mol. The van der Waals surface area contributed by atoms with Crippen LogP contribution in [0, 0.1) is 0 Å². The van der Waals surface area contributed by atoms with Gasteiger partial charge in [-0.25, -0.2) is 13.4 Å². The van der Waals surface area contributed by atoms with E-state index in [9.17, 15) is 8.42 Å². The van der Waals surface area contributed by atoms with Gasteiger partial charge < -0.3 is 4.74 Å². The fourth-order valence-electron chi connectivity index (χ4n) is 2.87. The Kier molecular flexibility index (Phi) is 5.55. The fourth-order valence-corrected chi connectivity index (χ4v) is 4.62. The summed E-state index contributed by atoms with van der Waals surface area (Å²) in [6.45, 7) is 2.72. The first kappa shape index (κ1) is 19.5. The molecule has 0 atom stereocenters. The molecule has 4 rings (SSSR count). The number of nitrogens with one attached hydrogen (secondary N) is 1. The first-order valence-electron chi connectivity index (χ1n) is 9.33. The second-order valence-electron chi connectivity index (χ2n) is 6.58. The molecule has 0 saturated heterocycles.